The molecule has 2 heterocycles. The van der Waals surface area contributed by atoms with Crippen LogP contribution >= 0.6 is 0 Å². The van der Waals surface area contributed by atoms with Crippen molar-refractivity contribution in [1.29, 1.82) is 0 Å². The summed E-state index contributed by atoms with van der Waals surface area (Å²) in [6, 6.07) is 6.05. The number of carboxylic acids is 1. The van der Waals surface area contributed by atoms with Crippen molar-refractivity contribution >= 4 is 23.6 Å². The molecule has 3 fully saturated rings. The molecule has 3 aliphatic carbocycles. The SMILES string of the molecule is Cc1cc(CNC(=O)c2cc(C(=O)NCC34CCC(C(=O)O)(CC3)CC4)n3ccnc3n2)ccc1F. The summed E-state index contributed by atoms with van der Waals surface area (Å²) in [7, 11) is 0. The van der Waals surface area contributed by atoms with Crippen LogP contribution in [0.5, 0.6) is 0 Å². The number of halogens is 1. The highest BCUT2D eigenvalue weighted by Gasteiger charge is 2.52. The Labute approximate surface area is 207 Å². The van der Waals surface area contributed by atoms with Gasteiger partial charge >= 0.3 is 5.97 Å². The van der Waals surface area contributed by atoms with Crippen LogP contribution in [0.15, 0.2) is 36.7 Å². The summed E-state index contributed by atoms with van der Waals surface area (Å²) in [6.07, 6.45) is 7.34. The average Bonchev–Trinajstić information content (AvgIpc) is 3.37. The van der Waals surface area contributed by atoms with Crippen LogP contribution in [0.1, 0.15) is 70.6 Å². The van der Waals surface area contributed by atoms with Crippen LogP contribution < -0.4 is 10.6 Å². The number of hydrogen-bond acceptors (Lipinski definition) is 5. The molecule has 2 bridgehead atoms. The maximum absolute atomic E-state index is 13.5. The second-order valence-electron chi connectivity index (χ2n) is 10.2. The van der Waals surface area contributed by atoms with Gasteiger partial charge in [0.15, 0.2) is 0 Å². The van der Waals surface area contributed by atoms with Gasteiger partial charge in [0.1, 0.15) is 17.2 Å². The Bertz CT molecular complexity index is 1340. The molecule has 0 saturated heterocycles. The minimum absolute atomic E-state index is 0.0532. The van der Waals surface area contributed by atoms with E-state index >= 15 is 0 Å². The number of aryl methyl sites for hydroxylation is 1. The van der Waals surface area contributed by atoms with Gasteiger partial charge in [-0.05, 0) is 74.1 Å². The van der Waals surface area contributed by atoms with Crippen molar-refractivity contribution in [3.8, 4) is 0 Å². The minimum atomic E-state index is -0.709. The number of carboxylic acid groups (broad SMARTS) is 1. The van der Waals surface area contributed by atoms with Crippen molar-refractivity contribution in [2.45, 2.75) is 52.0 Å². The van der Waals surface area contributed by atoms with E-state index in [0.717, 1.165) is 24.8 Å². The quantitative estimate of drug-likeness (QED) is 0.464. The van der Waals surface area contributed by atoms with Gasteiger partial charge in [-0.2, -0.15) is 0 Å². The third-order valence-corrected chi connectivity index (χ3v) is 7.99. The van der Waals surface area contributed by atoms with Gasteiger partial charge < -0.3 is 15.7 Å². The number of nitrogens with one attached hydrogen (secondary N) is 2. The number of rotatable bonds is 7. The molecule has 188 valence electrons. The summed E-state index contributed by atoms with van der Waals surface area (Å²) in [4.78, 5) is 46.2. The van der Waals surface area contributed by atoms with E-state index in [9.17, 15) is 23.9 Å². The predicted molar refractivity (Wildman–Crippen MR) is 128 cm³/mol. The molecule has 3 aromatic rings. The van der Waals surface area contributed by atoms with Crippen molar-refractivity contribution in [2.75, 3.05) is 6.54 Å². The van der Waals surface area contributed by atoms with E-state index < -0.39 is 17.3 Å². The first kappa shape index (κ1) is 23.9. The number of nitrogens with zero attached hydrogens (tertiary/aromatic N) is 3. The maximum atomic E-state index is 13.5. The van der Waals surface area contributed by atoms with Crippen LogP contribution in [0.25, 0.3) is 5.78 Å². The monoisotopic (exact) mass is 493 g/mol. The van der Waals surface area contributed by atoms with E-state index in [0.29, 0.717) is 31.4 Å². The highest BCUT2D eigenvalue weighted by atomic mass is 19.1. The molecule has 1 aromatic carbocycles. The average molecular weight is 494 g/mol. The number of benzene rings is 1. The Morgan fingerprint density at radius 2 is 1.78 bits per heavy atom. The second kappa shape index (κ2) is 9.00. The zero-order chi connectivity index (χ0) is 25.5. The Hall–Kier alpha value is -3.82. The number of aromatic nitrogens is 3. The van der Waals surface area contributed by atoms with Gasteiger partial charge in [0.25, 0.3) is 11.8 Å². The minimum Gasteiger partial charge on any atom is -0.481 e. The normalized spacial score (nSPS) is 22.9. The van der Waals surface area contributed by atoms with E-state index in [-0.39, 0.29) is 40.8 Å². The van der Waals surface area contributed by atoms with Crippen molar-refractivity contribution in [3.63, 3.8) is 0 Å². The van der Waals surface area contributed by atoms with Gasteiger partial charge in [-0.3, -0.25) is 18.8 Å². The second-order valence-corrected chi connectivity index (χ2v) is 10.2. The number of hydrogen-bond donors (Lipinski definition) is 3. The van der Waals surface area contributed by atoms with Crippen LogP contribution in [0, 0.1) is 23.6 Å². The Balaban J connectivity index is 1.29. The molecular weight excluding hydrogens is 465 g/mol. The molecule has 3 aliphatic rings. The molecule has 3 N–H and O–H groups in total. The molecule has 0 spiro atoms. The molecule has 0 unspecified atom stereocenters. The maximum Gasteiger partial charge on any atom is 0.309 e. The van der Waals surface area contributed by atoms with E-state index in [1.807, 2.05) is 0 Å². The molecular formula is C26H28FN5O4. The first-order valence-electron chi connectivity index (χ1n) is 12.1. The zero-order valence-corrected chi connectivity index (χ0v) is 20.0. The molecule has 0 radical (unpaired) electrons. The van der Waals surface area contributed by atoms with E-state index in [1.165, 1.54) is 22.7 Å². The van der Waals surface area contributed by atoms with Crippen LogP contribution in [0.4, 0.5) is 4.39 Å². The fraction of sp³-hybridized carbons (Fsp3) is 0.423. The molecule has 3 saturated carbocycles. The fourth-order valence-corrected chi connectivity index (χ4v) is 5.49. The van der Waals surface area contributed by atoms with Crippen LogP contribution in [0.3, 0.4) is 0 Å². The van der Waals surface area contributed by atoms with E-state index in [1.54, 1.807) is 25.3 Å². The molecule has 0 atom stereocenters. The highest BCUT2D eigenvalue weighted by molar-refractivity contribution is 5.98. The third-order valence-electron chi connectivity index (χ3n) is 7.99. The predicted octanol–water partition coefficient (Wildman–Crippen LogP) is 3.26. The summed E-state index contributed by atoms with van der Waals surface area (Å²) < 4.78 is 15.0. The number of imidazole rings is 1. The smallest absolute Gasteiger partial charge is 0.309 e. The summed E-state index contributed by atoms with van der Waals surface area (Å²) >= 11 is 0. The number of amides is 2. The van der Waals surface area contributed by atoms with Gasteiger partial charge in [-0.1, -0.05) is 12.1 Å². The van der Waals surface area contributed by atoms with Crippen molar-refractivity contribution in [2.24, 2.45) is 10.8 Å². The molecule has 2 amide bonds. The van der Waals surface area contributed by atoms with Crippen LogP contribution in [0.2, 0.25) is 0 Å². The van der Waals surface area contributed by atoms with Crippen LogP contribution in [-0.4, -0.2) is 43.8 Å². The van der Waals surface area contributed by atoms with Crippen molar-refractivity contribution < 1.29 is 23.9 Å². The summed E-state index contributed by atoms with van der Waals surface area (Å²) in [6.45, 7) is 2.29. The van der Waals surface area contributed by atoms with Crippen molar-refractivity contribution in [3.05, 3.63) is 65.0 Å². The molecule has 2 aromatic heterocycles. The molecule has 36 heavy (non-hydrogen) atoms. The lowest BCUT2D eigenvalue weighted by Gasteiger charge is -2.51. The number of carbonyl (C=O) groups is 3. The Morgan fingerprint density at radius 3 is 2.44 bits per heavy atom. The molecule has 0 aliphatic heterocycles. The number of carbonyl (C=O) groups excluding carboxylic acids is 2. The topological polar surface area (TPSA) is 126 Å². The van der Waals surface area contributed by atoms with Crippen molar-refractivity contribution in [1.82, 2.24) is 25.0 Å². The van der Waals surface area contributed by atoms with Gasteiger partial charge in [0, 0.05) is 25.5 Å². The fourth-order valence-electron chi connectivity index (χ4n) is 5.49. The lowest BCUT2D eigenvalue weighted by Crippen LogP contribution is -2.50. The Morgan fingerprint density at radius 1 is 1.06 bits per heavy atom. The summed E-state index contributed by atoms with van der Waals surface area (Å²) in [5.41, 5.74) is 0.825. The first-order valence-corrected chi connectivity index (χ1v) is 12.1. The van der Waals surface area contributed by atoms with E-state index in [2.05, 4.69) is 20.6 Å². The highest BCUT2D eigenvalue weighted by Crippen LogP contribution is 2.56. The Kier molecular flexibility index (Phi) is 5.97. The van der Waals surface area contributed by atoms with Gasteiger partial charge in [0.05, 0.1) is 5.41 Å². The van der Waals surface area contributed by atoms with Gasteiger partial charge in [-0.25, -0.2) is 14.4 Å². The van der Waals surface area contributed by atoms with E-state index in [4.69, 9.17) is 0 Å². The summed E-state index contributed by atoms with van der Waals surface area (Å²) in [5.74, 6) is -1.61. The molecule has 10 heteroatoms. The lowest BCUT2D eigenvalue weighted by atomic mass is 9.53. The van der Waals surface area contributed by atoms with Gasteiger partial charge in [0.2, 0.25) is 5.78 Å². The number of aliphatic carboxylic acids is 1. The largest absolute Gasteiger partial charge is 0.481 e. The lowest BCUT2D eigenvalue weighted by molar-refractivity contribution is -0.158. The number of fused-ring (bicyclic) bond motifs is 4. The van der Waals surface area contributed by atoms with Gasteiger partial charge in [-0.15, -0.1) is 0 Å². The molecule has 6 rings (SSSR count). The standard InChI is InChI=1S/C26H28FN5O4/c1-16-12-17(2-3-18(16)27)14-29-21(33)19-13-20(32-11-10-28-24(32)31-19)22(34)30-15-25-4-7-26(8-5-25,9-6-25)23(35)36/h2-3,10-13H,4-9,14-15H2,1H3,(H,29,33)(H,30,34)(H,35,36). The molecule has 9 nitrogen and oxygen atoms in total. The summed E-state index contributed by atoms with van der Waals surface area (Å²) in [5, 5.41) is 15.4. The zero-order valence-electron chi connectivity index (χ0n) is 20.0. The first-order chi connectivity index (χ1) is 17.2. The van der Waals surface area contributed by atoms with Crippen LogP contribution in [-0.2, 0) is 11.3 Å². The third kappa shape index (κ3) is 4.31.